The van der Waals surface area contributed by atoms with Crippen molar-refractivity contribution in [3.63, 3.8) is 0 Å². The summed E-state index contributed by atoms with van der Waals surface area (Å²) in [5.41, 5.74) is 0. The topological polar surface area (TPSA) is 166 Å². The average molecular weight is 430 g/mol. The highest BCUT2D eigenvalue weighted by Gasteiger charge is 2.46. The Morgan fingerprint density at radius 2 is 1.36 bits per heavy atom. The summed E-state index contributed by atoms with van der Waals surface area (Å²) in [4.78, 5) is 0. The largest absolute Gasteiger partial charge is 0.492 e. The van der Waals surface area contributed by atoms with E-state index >= 15 is 0 Å². The molecule has 0 saturated carbocycles. The van der Waals surface area contributed by atoms with E-state index in [1.807, 2.05) is 0 Å². The van der Waals surface area contributed by atoms with Crippen LogP contribution in [0.5, 0.6) is 0 Å². The van der Waals surface area contributed by atoms with Gasteiger partial charge in [-0.25, -0.2) is 13.7 Å². The van der Waals surface area contributed by atoms with E-state index in [0.29, 0.717) is 0 Å². The average Bonchev–Trinajstić information content (AvgIpc) is 2.91. The van der Waals surface area contributed by atoms with Crippen LogP contribution in [0.15, 0.2) is 0 Å². The van der Waals surface area contributed by atoms with Gasteiger partial charge in [0, 0.05) is 28.4 Å². The van der Waals surface area contributed by atoms with Gasteiger partial charge in [-0.05, 0) is 0 Å². The van der Waals surface area contributed by atoms with Crippen molar-refractivity contribution < 1.29 is 59.9 Å². The van der Waals surface area contributed by atoms with Crippen LogP contribution in [0.1, 0.15) is 0 Å². The van der Waals surface area contributed by atoms with Gasteiger partial charge in [0.1, 0.15) is 18.3 Å². The molecule has 0 amide bonds. The molecule has 1 aliphatic heterocycles. The molecule has 2 N–H and O–H groups in total. The van der Waals surface area contributed by atoms with E-state index in [9.17, 15) is 23.9 Å². The molecule has 1 rings (SSSR count). The Morgan fingerprint density at radius 1 is 0.880 bits per heavy atom. The fourth-order valence-corrected chi connectivity index (χ4v) is 6.01. The summed E-state index contributed by atoms with van der Waals surface area (Å²) in [5, 5.41) is 19.0. The minimum absolute atomic E-state index is 0.155. The second-order valence-corrected chi connectivity index (χ2v) is 10.2. The molecule has 1 saturated heterocycles. The van der Waals surface area contributed by atoms with E-state index in [4.69, 9.17) is 9.26 Å². The maximum absolute atomic E-state index is 12.4. The van der Waals surface area contributed by atoms with Crippen molar-refractivity contribution >= 4 is 23.5 Å². The van der Waals surface area contributed by atoms with Crippen LogP contribution in [0.25, 0.3) is 0 Å². The summed E-state index contributed by atoms with van der Waals surface area (Å²) in [6.45, 7) is -0.697. The van der Waals surface area contributed by atoms with E-state index in [2.05, 4.69) is 26.7 Å². The highest BCUT2D eigenvalue weighted by atomic mass is 31.3. The van der Waals surface area contributed by atoms with Crippen LogP contribution in [0.3, 0.4) is 0 Å². The zero-order valence-corrected chi connectivity index (χ0v) is 16.6. The first-order chi connectivity index (χ1) is 11.6. The van der Waals surface area contributed by atoms with Gasteiger partial charge in [-0.3, -0.25) is 22.6 Å². The van der Waals surface area contributed by atoms with Gasteiger partial charge in [0.25, 0.3) is 0 Å². The molecule has 1 fully saturated rings. The van der Waals surface area contributed by atoms with E-state index in [0.717, 1.165) is 28.4 Å². The molecule has 0 spiro atoms. The highest BCUT2D eigenvalue weighted by molar-refractivity contribution is 7.67. The van der Waals surface area contributed by atoms with E-state index < -0.39 is 48.4 Å². The van der Waals surface area contributed by atoms with Crippen LogP contribution < -0.4 is 0 Å². The van der Waals surface area contributed by atoms with Crippen molar-refractivity contribution in [1.29, 1.82) is 0 Å². The van der Waals surface area contributed by atoms with Crippen molar-refractivity contribution in [2.45, 2.75) is 18.3 Å². The molecule has 0 aromatic rings. The molecule has 25 heavy (non-hydrogen) atoms. The molecule has 13 nitrogen and oxygen atoms in total. The fraction of sp³-hybridized carbons (Fsp3) is 1.00. The first kappa shape index (κ1) is 23.3. The summed E-state index contributed by atoms with van der Waals surface area (Å²) in [7, 11) is -9.98. The fourth-order valence-electron chi connectivity index (χ4n) is 1.56. The van der Waals surface area contributed by atoms with Crippen molar-refractivity contribution in [3.05, 3.63) is 0 Å². The molecule has 0 aliphatic carbocycles. The van der Waals surface area contributed by atoms with Crippen molar-refractivity contribution in [2.75, 3.05) is 41.7 Å². The van der Waals surface area contributed by atoms with Gasteiger partial charge < -0.3 is 14.9 Å². The number of hydrogen-bond acceptors (Lipinski definition) is 13. The molecule has 1 aliphatic rings. The number of hydrogen-bond donors (Lipinski definition) is 2. The van der Waals surface area contributed by atoms with Crippen LogP contribution in [-0.4, -0.2) is 70.2 Å². The lowest BCUT2D eigenvalue weighted by Gasteiger charge is -2.24. The van der Waals surface area contributed by atoms with Gasteiger partial charge in [0.05, 0.1) is 13.2 Å². The zero-order valence-electron chi connectivity index (χ0n) is 13.9. The lowest BCUT2D eigenvalue weighted by molar-refractivity contribution is -0.00725. The van der Waals surface area contributed by atoms with Gasteiger partial charge in [0.2, 0.25) is 0 Å². The van der Waals surface area contributed by atoms with Crippen molar-refractivity contribution in [1.82, 2.24) is 0 Å². The Balaban J connectivity index is 2.80. The molecule has 5 unspecified atom stereocenters. The minimum Gasteiger partial charge on any atom is -0.388 e. The third-order valence-corrected chi connectivity index (χ3v) is 8.40. The minimum atomic E-state index is -4.76. The Hall–Kier alpha value is 0.290. The van der Waals surface area contributed by atoms with E-state index in [1.54, 1.807) is 0 Å². The number of rotatable bonds is 11. The van der Waals surface area contributed by atoms with Crippen LogP contribution >= 0.6 is 23.5 Å². The van der Waals surface area contributed by atoms with Crippen molar-refractivity contribution in [2.24, 2.45) is 0 Å². The standard InChI is InChI=1S/C9H21O13P3/c1-15-23(12,16-2)21-25(14,18-4)22-24(13,17-3)20-6-8-9(11)7(10)5-19-8/h7-11H,5-6H2,1-4H3. The van der Waals surface area contributed by atoms with Gasteiger partial charge in [-0.15, -0.1) is 0 Å². The molecule has 0 radical (unpaired) electrons. The summed E-state index contributed by atoms with van der Waals surface area (Å²) in [6.07, 6.45) is -3.47. The number of ether oxygens (including phenoxy) is 1. The lowest BCUT2D eigenvalue weighted by Crippen LogP contribution is -2.32. The van der Waals surface area contributed by atoms with Crippen LogP contribution in [0, 0.1) is 0 Å². The highest BCUT2D eigenvalue weighted by Crippen LogP contribution is 2.72. The molecule has 0 aromatic carbocycles. The normalized spacial score (nSPS) is 29.3. The molecule has 16 heteroatoms. The number of aliphatic hydroxyl groups is 2. The van der Waals surface area contributed by atoms with Gasteiger partial charge in [0.15, 0.2) is 0 Å². The molecule has 1 heterocycles. The van der Waals surface area contributed by atoms with E-state index in [-0.39, 0.29) is 6.61 Å². The number of aliphatic hydroxyl groups excluding tert-OH is 2. The lowest BCUT2D eigenvalue weighted by atomic mass is 10.2. The number of phosphoric acid groups is 3. The monoisotopic (exact) mass is 430 g/mol. The Labute approximate surface area is 144 Å². The third kappa shape index (κ3) is 6.44. The van der Waals surface area contributed by atoms with Crippen LogP contribution in [0.2, 0.25) is 0 Å². The van der Waals surface area contributed by atoms with Gasteiger partial charge in [-0.1, -0.05) is 0 Å². The summed E-state index contributed by atoms with van der Waals surface area (Å²) in [6, 6.07) is 0. The molecule has 0 aromatic heterocycles. The Morgan fingerprint density at radius 3 is 1.76 bits per heavy atom. The maximum Gasteiger partial charge on any atom is 0.492 e. The molecular weight excluding hydrogens is 409 g/mol. The van der Waals surface area contributed by atoms with E-state index in [1.165, 1.54) is 0 Å². The number of phosphoric ester groups is 2. The Bertz CT molecular complexity index is 559. The second-order valence-electron chi connectivity index (χ2n) is 4.46. The first-order valence-electron chi connectivity index (χ1n) is 6.64. The Kier molecular flexibility index (Phi) is 8.84. The SMILES string of the molecule is COP(=O)(OC)OP(=O)(OC)OP(=O)(OC)OCC1OCC(O)C1O. The summed E-state index contributed by atoms with van der Waals surface area (Å²) >= 11 is 0. The van der Waals surface area contributed by atoms with Gasteiger partial charge >= 0.3 is 23.5 Å². The van der Waals surface area contributed by atoms with Crippen LogP contribution in [-0.2, 0) is 49.7 Å². The smallest absolute Gasteiger partial charge is 0.388 e. The maximum atomic E-state index is 12.4. The predicted octanol–water partition coefficient (Wildman–Crippen LogP) is 1.07. The van der Waals surface area contributed by atoms with Gasteiger partial charge in [-0.2, -0.15) is 8.62 Å². The van der Waals surface area contributed by atoms with Crippen molar-refractivity contribution in [3.8, 4) is 0 Å². The molecule has 150 valence electrons. The summed E-state index contributed by atoms with van der Waals surface area (Å²) in [5.74, 6) is 0. The quantitative estimate of drug-likeness (QED) is 0.447. The second kappa shape index (κ2) is 9.48. The third-order valence-electron chi connectivity index (χ3n) is 2.95. The molecule has 0 bridgehead atoms. The molecular formula is C9H21O13P3. The van der Waals surface area contributed by atoms with Crippen LogP contribution in [0.4, 0.5) is 0 Å². The predicted molar refractivity (Wildman–Crippen MR) is 80.7 cm³/mol. The first-order valence-corrected chi connectivity index (χ1v) is 11.0. The summed E-state index contributed by atoms with van der Waals surface area (Å²) < 4.78 is 73.6. The molecule has 5 atom stereocenters. The zero-order chi connectivity index (χ0) is 19.3.